The first-order chi connectivity index (χ1) is 8.15. The van der Waals surface area contributed by atoms with Gasteiger partial charge in [-0.15, -0.1) is 12.4 Å². The molecule has 7 heteroatoms. The van der Waals surface area contributed by atoms with Crippen molar-refractivity contribution >= 4 is 41.6 Å². The summed E-state index contributed by atoms with van der Waals surface area (Å²) in [6.45, 7) is 1.74. The second-order valence-electron chi connectivity index (χ2n) is 3.92. The van der Waals surface area contributed by atoms with Gasteiger partial charge in [-0.05, 0) is 30.7 Å². The van der Waals surface area contributed by atoms with E-state index in [1.165, 1.54) is 0 Å². The Morgan fingerprint density at radius 1 is 1.44 bits per heavy atom. The van der Waals surface area contributed by atoms with Crippen LogP contribution in [0.15, 0.2) is 12.1 Å². The van der Waals surface area contributed by atoms with E-state index in [1.807, 2.05) is 0 Å². The number of nitrogens with one attached hydrogen (secondary N) is 1. The van der Waals surface area contributed by atoms with Crippen LogP contribution in [0.25, 0.3) is 0 Å². The molecule has 1 aliphatic rings. The molecule has 1 fully saturated rings. The molecule has 2 rings (SSSR count). The van der Waals surface area contributed by atoms with Gasteiger partial charge in [0.2, 0.25) is 0 Å². The van der Waals surface area contributed by atoms with Crippen molar-refractivity contribution in [2.75, 3.05) is 13.1 Å². The average Bonchev–Trinajstić information content (AvgIpc) is 2.78. The van der Waals surface area contributed by atoms with Crippen LogP contribution in [0, 0.1) is 5.92 Å². The highest BCUT2D eigenvalue weighted by Crippen LogP contribution is 2.16. The summed E-state index contributed by atoms with van der Waals surface area (Å²) in [5.41, 5.74) is 0.745. The Bertz CT molecular complexity index is 402. The number of carbonyl (C=O) groups is 1. The van der Waals surface area contributed by atoms with Crippen molar-refractivity contribution in [3.8, 4) is 0 Å². The topological polar surface area (TPSA) is 51.2 Å². The van der Waals surface area contributed by atoms with Crippen LogP contribution in [0.3, 0.4) is 0 Å². The summed E-state index contributed by atoms with van der Waals surface area (Å²) in [5.74, 6) is -0.221. The molecule has 0 unspecified atom stereocenters. The molecule has 1 N–H and O–H groups in total. The Hall–Kier alpha value is -0.550. The van der Waals surface area contributed by atoms with Crippen molar-refractivity contribution in [2.45, 2.75) is 13.0 Å². The van der Waals surface area contributed by atoms with Crippen molar-refractivity contribution in [1.29, 1.82) is 0 Å². The highest BCUT2D eigenvalue weighted by molar-refractivity contribution is 6.32. The first-order valence-corrected chi connectivity index (χ1v) is 6.10. The highest BCUT2D eigenvalue weighted by Gasteiger charge is 2.23. The quantitative estimate of drug-likeness (QED) is 0.688. The second-order valence-corrected chi connectivity index (χ2v) is 4.69. The van der Waals surface area contributed by atoms with E-state index in [4.69, 9.17) is 27.9 Å². The first kappa shape index (κ1) is 15.5. The lowest BCUT2D eigenvalue weighted by molar-refractivity contribution is -0.149. The third-order valence-corrected chi connectivity index (χ3v) is 2.98. The van der Waals surface area contributed by atoms with Crippen LogP contribution in [0.4, 0.5) is 0 Å². The summed E-state index contributed by atoms with van der Waals surface area (Å²) >= 11 is 11.5. The molecular weight excluding hydrogens is 298 g/mol. The second kappa shape index (κ2) is 7.14. The van der Waals surface area contributed by atoms with Crippen molar-refractivity contribution in [3.05, 3.63) is 28.0 Å². The number of rotatable bonds is 3. The van der Waals surface area contributed by atoms with Crippen LogP contribution in [0.2, 0.25) is 10.3 Å². The molecule has 0 aliphatic carbocycles. The van der Waals surface area contributed by atoms with Gasteiger partial charge in [-0.2, -0.15) is 0 Å². The van der Waals surface area contributed by atoms with Gasteiger partial charge in [0.15, 0.2) is 0 Å². The first-order valence-electron chi connectivity index (χ1n) is 5.34. The van der Waals surface area contributed by atoms with Crippen molar-refractivity contribution in [2.24, 2.45) is 5.92 Å². The number of aromatic nitrogens is 1. The molecule has 0 spiro atoms. The maximum absolute atomic E-state index is 11.6. The third kappa shape index (κ3) is 4.28. The van der Waals surface area contributed by atoms with Gasteiger partial charge < -0.3 is 10.1 Å². The molecule has 4 nitrogen and oxygen atoms in total. The van der Waals surface area contributed by atoms with Crippen LogP contribution in [0.1, 0.15) is 12.0 Å². The fraction of sp³-hybridized carbons (Fsp3) is 0.455. The standard InChI is InChI=1S/C11H12Cl2N2O2.ClH/c12-9-3-7(4-10(13)15-9)6-17-11(16)8-1-2-14-5-8;/h3-4,8,14H,1-2,5-6H2;1H/t8-;/m0./s1. The smallest absolute Gasteiger partial charge is 0.310 e. The normalized spacial score (nSPS) is 18.2. The van der Waals surface area contributed by atoms with E-state index in [1.54, 1.807) is 12.1 Å². The van der Waals surface area contributed by atoms with E-state index in [0.717, 1.165) is 18.5 Å². The van der Waals surface area contributed by atoms with Crippen molar-refractivity contribution < 1.29 is 9.53 Å². The lowest BCUT2D eigenvalue weighted by Crippen LogP contribution is -2.20. The zero-order chi connectivity index (χ0) is 12.3. The molecule has 1 aromatic rings. The number of pyridine rings is 1. The van der Waals surface area contributed by atoms with E-state index < -0.39 is 0 Å². The van der Waals surface area contributed by atoms with Crippen LogP contribution < -0.4 is 5.32 Å². The Morgan fingerprint density at radius 3 is 2.67 bits per heavy atom. The van der Waals surface area contributed by atoms with Gasteiger partial charge in [-0.25, -0.2) is 4.98 Å². The lowest BCUT2D eigenvalue weighted by Gasteiger charge is -2.09. The minimum Gasteiger partial charge on any atom is -0.461 e. The molecule has 1 atom stereocenters. The van der Waals surface area contributed by atoms with Gasteiger partial charge >= 0.3 is 5.97 Å². The fourth-order valence-corrected chi connectivity index (χ4v) is 2.23. The molecule has 1 aliphatic heterocycles. The highest BCUT2D eigenvalue weighted by atomic mass is 35.5. The fourth-order valence-electron chi connectivity index (χ4n) is 1.73. The summed E-state index contributed by atoms with van der Waals surface area (Å²) in [6.07, 6.45) is 0.830. The molecule has 1 saturated heterocycles. The number of hydrogen-bond donors (Lipinski definition) is 1. The van der Waals surface area contributed by atoms with Crippen LogP contribution in [-0.4, -0.2) is 24.0 Å². The summed E-state index contributed by atoms with van der Waals surface area (Å²) < 4.78 is 5.20. The molecule has 0 radical (unpaired) electrons. The van der Waals surface area contributed by atoms with Gasteiger partial charge in [0.25, 0.3) is 0 Å². The van der Waals surface area contributed by atoms with E-state index in [9.17, 15) is 4.79 Å². The number of ether oxygens (including phenoxy) is 1. The third-order valence-electron chi connectivity index (χ3n) is 2.60. The minimum atomic E-state index is -0.181. The van der Waals surface area contributed by atoms with Crippen LogP contribution in [0.5, 0.6) is 0 Å². The molecule has 0 saturated carbocycles. The Kier molecular flexibility index (Phi) is 6.15. The van der Waals surface area contributed by atoms with Crippen LogP contribution >= 0.6 is 35.6 Å². The zero-order valence-corrected chi connectivity index (χ0v) is 11.8. The van der Waals surface area contributed by atoms with Gasteiger partial charge in [0, 0.05) is 6.54 Å². The average molecular weight is 312 g/mol. The predicted octanol–water partition coefficient (Wildman–Crippen LogP) is 2.46. The van der Waals surface area contributed by atoms with E-state index in [2.05, 4.69) is 10.3 Å². The molecule has 1 aromatic heterocycles. The summed E-state index contributed by atoms with van der Waals surface area (Å²) in [7, 11) is 0. The molecule has 0 aromatic carbocycles. The van der Waals surface area contributed by atoms with Crippen molar-refractivity contribution in [1.82, 2.24) is 10.3 Å². The van der Waals surface area contributed by atoms with Gasteiger partial charge in [0.1, 0.15) is 16.9 Å². The number of nitrogens with zero attached hydrogens (tertiary/aromatic N) is 1. The van der Waals surface area contributed by atoms with Crippen molar-refractivity contribution in [3.63, 3.8) is 0 Å². The van der Waals surface area contributed by atoms with E-state index >= 15 is 0 Å². The molecule has 18 heavy (non-hydrogen) atoms. The Balaban J connectivity index is 0.00000162. The number of hydrogen-bond acceptors (Lipinski definition) is 4. The maximum Gasteiger partial charge on any atom is 0.310 e. The summed E-state index contributed by atoms with van der Waals surface area (Å²) in [4.78, 5) is 15.5. The molecule has 100 valence electrons. The molecule has 2 heterocycles. The Morgan fingerprint density at radius 2 is 2.11 bits per heavy atom. The lowest BCUT2D eigenvalue weighted by atomic mass is 10.1. The monoisotopic (exact) mass is 310 g/mol. The van der Waals surface area contributed by atoms with E-state index in [-0.39, 0.29) is 30.9 Å². The Labute approximate surface area is 121 Å². The molecule has 0 amide bonds. The predicted molar refractivity (Wildman–Crippen MR) is 72.3 cm³/mol. The summed E-state index contributed by atoms with van der Waals surface area (Å²) in [5, 5.41) is 3.71. The van der Waals surface area contributed by atoms with Gasteiger partial charge in [-0.1, -0.05) is 23.2 Å². The number of esters is 1. The zero-order valence-electron chi connectivity index (χ0n) is 9.49. The SMILES string of the molecule is Cl.O=C(OCc1cc(Cl)nc(Cl)c1)[C@H]1CCNC1. The molecular formula is C11H13Cl3N2O2. The number of carbonyl (C=O) groups excluding carboxylic acids is 1. The minimum absolute atomic E-state index is 0. The van der Waals surface area contributed by atoms with E-state index in [0.29, 0.717) is 16.9 Å². The maximum atomic E-state index is 11.6. The van der Waals surface area contributed by atoms with Gasteiger partial charge in [-0.3, -0.25) is 4.79 Å². The van der Waals surface area contributed by atoms with Crippen LogP contribution in [-0.2, 0) is 16.1 Å². The largest absolute Gasteiger partial charge is 0.461 e. The molecule has 0 bridgehead atoms. The van der Waals surface area contributed by atoms with Gasteiger partial charge in [0.05, 0.1) is 5.92 Å². The summed E-state index contributed by atoms with van der Waals surface area (Å²) in [6, 6.07) is 3.27. The number of halogens is 3.